The van der Waals surface area contributed by atoms with Crippen molar-refractivity contribution in [2.75, 3.05) is 23.8 Å². The van der Waals surface area contributed by atoms with Crippen LogP contribution in [0.3, 0.4) is 0 Å². The van der Waals surface area contributed by atoms with Gasteiger partial charge in [-0.15, -0.1) is 0 Å². The highest BCUT2D eigenvalue weighted by molar-refractivity contribution is 6.06. The molecule has 28 heavy (non-hydrogen) atoms. The Bertz CT molecular complexity index is 883. The SMILES string of the molecule is CC(=O)Nc1cc(C(=O)Nc2cc(F)ccc2OCC2CCCO2)ccc1F. The Morgan fingerprint density at radius 1 is 1.14 bits per heavy atom. The van der Waals surface area contributed by atoms with Crippen molar-refractivity contribution in [3.63, 3.8) is 0 Å². The van der Waals surface area contributed by atoms with E-state index in [1.165, 1.54) is 31.2 Å². The molecule has 8 heteroatoms. The van der Waals surface area contributed by atoms with E-state index in [1.807, 2.05) is 0 Å². The second-order valence-corrected chi connectivity index (χ2v) is 6.42. The molecule has 1 aliphatic rings. The summed E-state index contributed by atoms with van der Waals surface area (Å²) in [7, 11) is 0. The van der Waals surface area contributed by atoms with Gasteiger partial charge in [-0.25, -0.2) is 8.78 Å². The quantitative estimate of drug-likeness (QED) is 0.788. The van der Waals surface area contributed by atoms with Crippen LogP contribution in [0, 0.1) is 11.6 Å². The van der Waals surface area contributed by atoms with Crippen LogP contribution >= 0.6 is 0 Å². The van der Waals surface area contributed by atoms with E-state index in [2.05, 4.69) is 10.6 Å². The molecular formula is C20H20F2N2O4. The van der Waals surface area contributed by atoms with Crippen LogP contribution in [-0.2, 0) is 9.53 Å². The zero-order chi connectivity index (χ0) is 20.1. The van der Waals surface area contributed by atoms with Crippen LogP contribution in [0.1, 0.15) is 30.1 Å². The minimum atomic E-state index is -0.668. The maximum absolute atomic E-state index is 13.8. The number of benzene rings is 2. The lowest BCUT2D eigenvalue weighted by Crippen LogP contribution is -2.18. The fourth-order valence-electron chi connectivity index (χ4n) is 2.83. The standard InChI is InChI=1S/C20H20F2N2O4/c1-12(25)23-17-9-13(4-6-16(17)22)20(26)24-18-10-14(21)5-7-19(18)28-11-15-3-2-8-27-15/h4-7,9-10,15H,2-3,8,11H2,1H3,(H,23,25)(H,24,26). The largest absolute Gasteiger partial charge is 0.489 e. The lowest BCUT2D eigenvalue weighted by atomic mass is 10.1. The number of carbonyl (C=O) groups is 2. The van der Waals surface area contributed by atoms with Crippen molar-refractivity contribution >= 4 is 23.2 Å². The molecule has 0 radical (unpaired) electrons. The minimum Gasteiger partial charge on any atom is -0.489 e. The van der Waals surface area contributed by atoms with E-state index < -0.39 is 23.4 Å². The van der Waals surface area contributed by atoms with Crippen LogP contribution in [0.15, 0.2) is 36.4 Å². The molecule has 1 saturated heterocycles. The molecule has 2 aromatic carbocycles. The van der Waals surface area contributed by atoms with E-state index >= 15 is 0 Å². The van der Waals surface area contributed by atoms with Gasteiger partial charge in [-0.05, 0) is 43.2 Å². The second-order valence-electron chi connectivity index (χ2n) is 6.42. The fraction of sp³-hybridized carbons (Fsp3) is 0.300. The summed E-state index contributed by atoms with van der Waals surface area (Å²) in [4.78, 5) is 23.7. The Morgan fingerprint density at radius 2 is 1.96 bits per heavy atom. The summed E-state index contributed by atoms with van der Waals surface area (Å²) in [5.74, 6) is -1.98. The van der Waals surface area contributed by atoms with E-state index in [1.54, 1.807) is 0 Å². The highest BCUT2D eigenvalue weighted by Gasteiger charge is 2.18. The van der Waals surface area contributed by atoms with Crippen LogP contribution < -0.4 is 15.4 Å². The monoisotopic (exact) mass is 390 g/mol. The molecule has 2 N–H and O–H groups in total. The molecule has 6 nitrogen and oxygen atoms in total. The molecule has 1 unspecified atom stereocenters. The van der Waals surface area contributed by atoms with Gasteiger partial charge in [-0.2, -0.15) is 0 Å². The summed E-state index contributed by atoms with van der Waals surface area (Å²) < 4.78 is 38.6. The predicted molar refractivity (Wildman–Crippen MR) is 99.5 cm³/mol. The van der Waals surface area contributed by atoms with Crippen LogP contribution in [0.2, 0.25) is 0 Å². The molecule has 148 valence electrons. The van der Waals surface area contributed by atoms with Gasteiger partial charge in [0.15, 0.2) is 0 Å². The molecule has 0 aliphatic carbocycles. The third-order valence-electron chi connectivity index (χ3n) is 4.18. The van der Waals surface area contributed by atoms with Gasteiger partial charge in [0.2, 0.25) is 5.91 Å². The maximum Gasteiger partial charge on any atom is 0.255 e. The van der Waals surface area contributed by atoms with Gasteiger partial charge in [0, 0.05) is 25.2 Å². The number of rotatable bonds is 6. The first-order chi connectivity index (χ1) is 13.4. The van der Waals surface area contributed by atoms with E-state index in [0.29, 0.717) is 12.4 Å². The summed E-state index contributed by atoms with van der Waals surface area (Å²) in [5, 5.41) is 4.87. The Kier molecular flexibility index (Phi) is 6.20. The Labute approximate surface area is 160 Å². The first kappa shape index (κ1) is 19.8. The molecule has 2 amide bonds. The molecule has 1 aliphatic heterocycles. The Morgan fingerprint density at radius 3 is 2.68 bits per heavy atom. The first-order valence-electron chi connectivity index (χ1n) is 8.85. The van der Waals surface area contributed by atoms with Crippen molar-refractivity contribution in [1.82, 2.24) is 0 Å². The van der Waals surface area contributed by atoms with Gasteiger partial charge in [-0.1, -0.05) is 0 Å². The van der Waals surface area contributed by atoms with Gasteiger partial charge in [0.25, 0.3) is 5.91 Å². The van der Waals surface area contributed by atoms with Crippen molar-refractivity contribution < 1.29 is 27.8 Å². The molecule has 0 spiro atoms. The smallest absolute Gasteiger partial charge is 0.255 e. The zero-order valence-electron chi connectivity index (χ0n) is 15.3. The molecule has 1 atom stereocenters. The number of ether oxygens (including phenoxy) is 2. The van der Waals surface area contributed by atoms with Crippen molar-refractivity contribution in [3.05, 3.63) is 53.6 Å². The number of anilines is 2. The molecule has 0 bridgehead atoms. The highest BCUT2D eigenvalue weighted by Crippen LogP contribution is 2.27. The number of halogens is 2. The summed E-state index contributed by atoms with van der Waals surface area (Å²) in [5.41, 5.74) is 0.127. The molecular weight excluding hydrogens is 370 g/mol. The second kappa shape index (κ2) is 8.79. The first-order valence-corrected chi connectivity index (χ1v) is 8.85. The van der Waals surface area contributed by atoms with Crippen molar-refractivity contribution in [1.29, 1.82) is 0 Å². The van der Waals surface area contributed by atoms with Gasteiger partial charge >= 0.3 is 0 Å². The van der Waals surface area contributed by atoms with Crippen LogP contribution in [-0.4, -0.2) is 31.1 Å². The Balaban J connectivity index is 1.75. The van der Waals surface area contributed by atoms with E-state index in [9.17, 15) is 18.4 Å². The average Bonchev–Trinajstić information content (AvgIpc) is 3.16. The molecule has 2 aromatic rings. The van der Waals surface area contributed by atoms with Gasteiger partial charge in [-0.3, -0.25) is 9.59 Å². The lowest BCUT2D eigenvalue weighted by molar-refractivity contribution is -0.114. The van der Waals surface area contributed by atoms with E-state index in [4.69, 9.17) is 9.47 Å². The number of nitrogens with one attached hydrogen (secondary N) is 2. The topological polar surface area (TPSA) is 76.7 Å². The average molecular weight is 390 g/mol. The number of amides is 2. The van der Waals surface area contributed by atoms with Crippen LogP contribution in [0.25, 0.3) is 0 Å². The molecule has 1 fully saturated rings. The highest BCUT2D eigenvalue weighted by atomic mass is 19.1. The van der Waals surface area contributed by atoms with Crippen molar-refractivity contribution in [2.45, 2.75) is 25.9 Å². The number of hydrogen-bond donors (Lipinski definition) is 2. The van der Waals surface area contributed by atoms with Crippen LogP contribution in [0.5, 0.6) is 5.75 Å². The lowest BCUT2D eigenvalue weighted by Gasteiger charge is -2.15. The van der Waals surface area contributed by atoms with Crippen molar-refractivity contribution in [2.24, 2.45) is 0 Å². The summed E-state index contributed by atoms with van der Waals surface area (Å²) in [6.07, 6.45) is 1.80. The Hall–Kier alpha value is -3.00. The molecule has 0 aromatic heterocycles. The van der Waals surface area contributed by atoms with E-state index in [0.717, 1.165) is 25.0 Å². The number of carbonyl (C=O) groups excluding carboxylic acids is 2. The zero-order valence-corrected chi connectivity index (χ0v) is 15.3. The van der Waals surface area contributed by atoms with Gasteiger partial charge in [0.1, 0.15) is 24.0 Å². The third-order valence-corrected chi connectivity index (χ3v) is 4.18. The van der Waals surface area contributed by atoms with E-state index in [-0.39, 0.29) is 29.6 Å². The predicted octanol–water partition coefficient (Wildman–Crippen LogP) is 3.73. The summed E-state index contributed by atoms with van der Waals surface area (Å²) in [6.45, 7) is 2.20. The molecule has 3 rings (SSSR count). The van der Waals surface area contributed by atoms with Crippen molar-refractivity contribution in [3.8, 4) is 5.75 Å². The molecule has 0 saturated carbocycles. The van der Waals surface area contributed by atoms with Gasteiger partial charge in [0.05, 0.1) is 17.5 Å². The third kappa shape index (κ3) is 5.04. The normalized spacial score (nSPS) is 15.9. The summed E-state index contributed by atoms with van der Waals surface area (Å²) in [6, 6.07) is 7.34. The maximum atomic E-state index is 13.8. The minimum absolute atomic E-state index is 0.0362. The van der Waals surface area contributed by atoms with Gasteiger partial charge < -0.3 is 20.1 Å². The van der Waals surface area contributed by atoms with Crippen LogP contribution in [0.4, 0.5) is 20.2 Å². The summed E-state index contributed by atoms with van der Waals surface area (Å²) >= 11 is 0. The fourth-order valence-corrected chi connectivity index (χ4v) is 2.83. The number of hydrogen-bond acceptors (Lipinski definition) is 4. The molecule has 1 heterocycles.